The smallest absolute Gasteiger partial charge is 0.171 e. The lowest BCUT2D eigenvalue weighted by atomic mass is 9.84. The SMILES string of the molecule is O=C(C(C#Cc1ccccc1)c1ccccc1)C(C#Cc1ccccc1)c1ccccc1. The van der Waals surface area contributed by atoms with Crippen LogP contribution in [0.2, 0.25) is 0 Å². The standard InChI is InChI=1S/C31H22O/c32-31(29(27-17-9-3-10-18-27)23-21-25-13-5-1-6-14-25)30(28-19-11-4-12-20-28)24-22-26-15-7-2-8-16-26/h1-20,29-30H. The first kappa shape index (κ1) is 20.9. The summed E-state index contributed by atoms with van der Waals surface area (Å²) in [6.45, 7) is 0. The zero-order valence-corrected chi connectivity index (χ0v) is 17.6. The molecule has 0 aromatic heterocycles. The Hall–Kier alpha value is -4.33. The van der Waals surface area contributed by atoms with Crippen LogP contribution >= 0.6 is 0 Å². The molecule has 32 heavy (non-hydrogen) atoms. The molecule has 0 radical (unpaired) electrons. The summed E-state index contributed by atoms with van der Waals surface area (Å²) in [5, 5.41) is 0. The number of hydrogen-bond donors (Lipinski definition) is 0. The Labute approximate surface area is 189 Å². The number of carbonyl (C=O) groups is 1. The van der Waals surface area contributed by atoms with Crippen LogP contribution in [-0.2, 0) is 4.79 Å². The van der Waals surface area contributed by atoms with Crippen LogP contribution in [0.4, 0.5) is 0 Å². The predicted molar refractivity (Wildman–Crippen MR) is 130 cm³/mol. The van der Waals surface area contributed by atoms with Gasteiger partial charge in [0, 0.05) is 11.1 Å². The summed E-state index contributed by atoms with van der Waals surface area (Å²) in [7, 11) is 0. The van der Waals surface area contributed by atoms with E-state index in [1.807, 2.05) is 121 Å². The summed E-state index contributed by atoms with van der Waals surface area (Å²) in [5.41, 5.74) is 3.52. The molecule has 0 heterocycles. The van der Waals surface area contributed by atoms with Gasteiger partial charge >= 0.3 is 0 Å². The van der Waals surface area contributed by atoms with Crippen molar-refractivity contribution in [2.75, 3.05) is 0 Å². The molecule has 0 N–H and O–H groups in total. The van der Waals surface area contributed by atoms with Crippen molar-refractivity contribution >= 4 is 5.78 Å². The van der Waals surface area contributed by atoms with Gasteiger partial charge in [-0.05, 0) is 35.4 Å². The van der Waals surface area contributed by atoms with Crippen molar-refractivity contribution in [1.82, 2.24) is 0 Å². The first-order chi connectivity index (χ1) is 15.8. The highest BCUT2D eigenvalue weighted by Gasteiger charge is 2.27. The highest BCUT2D eigenvalue weighted by molar-refractivity contribution is 5.97. The van der Waals surface area contributed by atoms with E-state index in [9.17, 15) is 4.79 Å². The Balaban J connectivity index is 1.76. The van der Waals surface area contributed by atoms with Crippen LogP contribution in [0, 0.1) is 23.7 Å². The summed E-state index contributed by atoms with van der Waals surface area (Å²) in [5.74, 6) is 11.7. The molecule has 0 saturated carbocycles. The maximum absolute atomic E-state index is 13.9. The van der Waals surface area contributed by atoms with E-state index in [1.54, 1.807) is 0 Å². The van der Waals surface area contributed by atoms with E-state index in [-0.39, 0.29) is 5.78 Å². The summed E-state index contributed by atoms with van der Waals surface area (Å²) in [6, 6.07) is 38.9. The normalized spacial score (nSPS) is 11.8. The minimum Gasteiger partial charge on any atom is -0.296 e. The van der Waals surface area contributed by atoms with E-state index in [0.29, 0.717) is 0 Å². The lowest BCUT2D eigenvalue weighted by molar-refractivity contribution is -0.119. The van der Waals surface area contributed by atoms with Crippen LogP contribution in [0.25, 0.3) is 0 Å². The number of carbonyl (C=O) groups excluding carboxylic acids is 1. The molecular weight excluding hydrogens is 388 g/mol. The molecule has 152 valence electrons. The third kappa shape index (κ3) is 5.42. The minimum atomic E-state index is -0.577. The Morgan fingerprint density at radius 3 is 1.12 bits per heavy atom. The van der Waals surface area contributed by atoms with Crippen molar-refractivity contribution in [3.05, 3.63) is 144 Å². The third-order valence-electron chi connectivity index (χ3n) is 5.10. The number of rotatable bonds is 4. The van der Waals surface area contributed by atoms with Crippen molar-refractivity contribution in [3.63, 3.8) is 0 Å². The Morgan fingerprint density at radius 2 is 0.781 bits per heavy atom. The summed E-state index contributed by atoms with van der Waals surface area (Å²) in [6.07, 6.45) is 0. The predicted octanol–water partition coefficient (Wildman–Crippen LogP) is 6.23. The van der Waals surface area contributed by atoms with Gasteiger partial charge in [0.25, 0.3) is 0 Å². The maximum atomic E-state index is 13.9. The molecule has 0 spiro atoms. The molecule has 4 aromatic carbocycles. The zero-order chi connectivity index (χ0) is 22.0. The van der Waals surface area contributed by atoms with Gasteiger partial charge in [-0.3, -0.25) is 4.79 Å². The number of hydrogen-bond acceptors (Lipinski definition) is 1. The highest BCUT2D eigenvalue weighted by atomic mass is 16.1. The molecule has 0 aliphatic heterocycles. The van der Waals surface area contributed by atoms with E-state index >= 15 is 0 Å². The summed E-state index contributed by atoms with van der Waals surface area (Å²) < 4.78 is 0. The van der Waals surface area contributed by atoms with Gasteiger partial charge in [0.05, 0.1) is 0 Å². The lowest BCUT2D eigenvalue weighted by Crippen LogP contribution is -2.19. The molecule has 0 saturated heterocycles. The lowest BCUT2D eigenvalue weighted by Gasteiger charge is -2.16. The molecule has 4 aromatic rings. The fraction of sp³-hybridized carbons (Fsp3) is 0.0645. The molecule has 0 aliphatic carbocycles. The molecule has 1 nitrogen and oxygen atoms in total. The third-order valence-corrected chi connectivity index (χ3v) is 5.10. The molecule has 1 heteroatoms. The van der Waals surface area contributed by atoms with E-state index in [0.717, 1.165) is 22.3 Å². The van der Waals surface area contributed by atoms with E-state index in [4.69, 9.17) is 0 Å². The van der Waals surface area contributed by atoms with Gasteiger partial charge in [-0.25, -0.2) is 0 Å². The van der Waals surface area contributed by atoms with Gasteiger partial charge in [-0.1, -0.05) is 121 Å². The second kappa shape index (κ2) is 10.6. The number of Topliss-reactive ketones (excluding diaryl/α,β-unsaturated/α-hetero) is 1. The monoisotopic (exact) mass is 410 g/mol. The van der Waals surface area contributed by atoms with Crippen molar-refractivity contribution in [1.29, 1.82) is 0 Å². The quantitative estimate of drug-likeness (QED) is 0.365. The summed E-state index contributed by atoms with van der Waals surface area (Å²) >= 11 is 0. The van der Waals surface area contributed by atoms with Crippen molar-refractivity contribution in [3.8, 4) is 23.7 Å². The van der Waals surface area contributed by atoms with Crippen molar-refractivity contribution in [2.24, 2.45) is 0 Å². The maximum Gasteiger partial charge on any atom is 0.171 e. The largest absolute Gasteiger partial charge is 0.296 e. The van der Waals surface area contributed by atoms with Gasteiger partial charge in [0.2, 0.25) is 0 Å². The number of benzene rings is 4. The molecule has 0 bridgehead atoms. The second-order valence-corrected chi connectivity index (χ2v) is 7.36. The highest BCUT2D eigenvalue weighted by Crippen LogP contribution is 2.26. The van der Waals surface area contributed by atoms with Crippen LogP contribution in [0.15, 0.2) is 121 Å². The van der Waals surface area contributed by atoms with Gasteiger partial charge in [-0.15, -0.1) is 0 Å². The zero-order valence-electron chi connectivity index (χ0n) is 17.6. The Kier molecular flexibility index (Phi) is 6.95. The fourth-order valence-corrected chi connectivity index (χ4v) is 3.45. The molecule has 0 fully saturated rings. The van der Waals surface area contributed by atoms with Crippen molar-refractivity contribution < 1.29 is 4.79 Å². The van der Waals surface area contributed by atoms with Crippen LogP contribution in [0.1, 0.15) is 34.1 Å². The van der Waals surface area contributed by atoms with Gasteiger partial charge in [0.15, 0.2) is 5.78 Å². The Bertz CT molecular complexity index is 1170. The van der Waals surface area contributed by atoms with Gasteiger partial charge in [-0.2, -0.15) is 0 Å². The van der Waals surface area contributed by atoms with Gasteiger partial charge in [0.1, 0.15) is 11.8 Å². The molecule has 2 atom stereocenters. The fourth-order valence-electron chi connectivity index (χ4n) is 3.45. The van der Waals surface area contributed by atoms with Crippen LogP contribution in [-0.4, -0.2) is 5.78 Å². The minimum absolute atomic E-state index is 0.0192. The summed E-state index contributed by atoms with van der Waals surface area (Å²) in [4.78, 5) is 13.9. The van der Waals surface area contributed by atoms with Crippen LogP contribution < -0.4 is 0 Å². The van der Waals surface area contributed by atoms with Gasteiger partial charge < -0.3 is 0 Å². The number of ketones is 1. The topological polar surface area (TPSA) is 17.1 Å². The van der Waals surface area contributed by atoms with E-state index in [1.165, 1.54) is 0 Å². The molecular formula is C31H22O. The van der Waals surface area contributed by atoms with E-state index in [2.05, 4.69) is 23.7 Å². The van der Waals surface area contributed by atoms with Crippen LogP contribution in [0.5, 0.6) is 0 Å². The molecule has 2 unspecified atom stereocenters. The van der Waals surface area contributed by atoms with Crippen molar-refractivity contribution in [2.45, 2.75) is 11.8 Å². The van der Waals surface area contributed by atoms with E-state index < -0.39 is 11.8 Å². The second-order valence-electron chi connectivity index (χ2n) is 7.36. The average molecular weight is 411 g/mol. The molecule has 4 rings (SSSR count). The van der Waals surface area contributed by atoms with Crippen LogP contribution in [0.3, 0.4) is 0 Å². The first-order valence-electron chi connectivity index (χ1n) is 10.6. The first-order valence-corrected chi connectivity index (χ1v) is 10.6. The molecule has 0 amide bonds. The average Bonchev–Trinajstić information content (AvgIpc) is 2.87. The molecule has 0 aliphatic rings. The Morgan fingerprint density at radius 1 is 0.469 bits per heavy atom.